The Morgan fingerprint density at radius 2 is 1.86 bits per heavy atom. The van der Waals surface area contributed by atoms with Crippen LogP contribution in [-0.4, -0.2) is 31.0 Å². The van der Waals surface area contributed by atoms with Crippen molar-refractivity contribution in [3.8, 4) is 17.0 Å². The SMILES string of the molecule is COc1ccc(-c2csc(N(CC(F)F)C(=O)CCc3ccc(N)cc3)n2)cc1. The van der Waals surface area contributed by atoms with Crippen LogP contribution in [0.1, 0.15) is 12.0 Å². The van der Waals surface area contributed by atoms with Crippen LogP contribution in [0.3, 0.4) is 0 Å². The molecule has 3 aromatic rings. The van der Waals surface area contributed by atoms with Crippen molar-refractivity contribution in [1.29, 1.82) is 0 Å². The predicted octanol–water partition coefficient (Wildman–Crippen LogP) is 4.63. The number of aromatic nitrogens is 1. The molecule has 0 unspecified atom stereocenters. The third-order valence-corrected chi connectivity index (χ3v) is 5.20. The van der Waals surface area contributed by atoms with E-state index in [1.807, 2.05) is 24.3 Å². The smallest absolute Gasteiger partial charge is 0.256 e. The minimum atomic E-state index is -2.65. The van der Waals surface area contributed by atoms with Crippen molar-refractivity contribution in [1.82, 2.24) is 4.98 Å². The number of alkyl halides is 2. The monoisotopic (exact) mass is 417 g/mol. The topological polar surface area (TPSA) is 68.5 Å². The number of benzene rings is 2. The van der Waals surface area contributed by atoms with Crippen LogP contribution < -0.4 is 15.4 Å². The molecular formula is C21H21F2N3O2S. The maximum Gasteiger partial charge on any atom is 0.256 e. The molecular weight excluding hydrogens is 396 g/mol. The fourth-order valence-corrected chi connectivity index (χ4v) is 3.64. The number of carbonyl (C=O) groups is 1. The minimum absolute atomic E-state index is 0.105. The van der Waals surface area contributed by atoms with Gasteiger partial charge in [-0.1, -0.05) is 12.1 Å². The maximum atomic E-state index is 13.1. The number of rotatable bonds is 8. The largest absolute Gasteiger partial charge is 0.497 e. The van der Waals surface area contributed by atoms with Gasteiger partial charge in [0.15, 0.2) is 5.13 Å². The molecule has 0 saturated heterocycles. The molecule has 0 fully saturated rings. The Labute approximate surface area is 171 Å². The number of methoxy groups -OCH3 is 1. The Balaban J connectivity index is 1.74. The highest BCUT2D eigenvalue weighted by atomic mass is 32.1. The summed E-state index contributed by atoms with van der Waals surface area (Å²) in [4.78, 5) is 18.1. The average Bonchev–Trinajstić information content (AvgIpc) is 3.21. The molecule has 1 amide bonds. The lowest BCUT2D eigenvalue weighted by atomic mass is 10.1. The van der Waals surface area contributed by atoms with Gasteiger partial charge >= 0.3 is 0 Å². The number of aryl methyl sites for hydroxylation is 1. The summed E-state index contributed by atoms with van der Waals surface area (Å²) in [5.74, 6) is 0.319. The zero-order valence-electron chi connectivity index (χ0n) is 15.8. The van der Waals surface area contributed by atoms with Gasteiger partial charge in [-0.3, -0.25) is 9.69 Å². The lowest BCUT2D eigenvalue weighted by Crippen LogP contribution is -2.35. The summed E-state index contributed by atoms with van der Waals surface area (Å²) >= 11 is 1.17. The normalized spacial score (nSPS) is 10.9. The fourth-order valence-electron chi connectivity index (χ4n) is 2.78. The molecule has 5 nitrogen and oxygen atoms in total. The molecule has 0 aliphatic rings. The number of nitrogens with two attached hydrogens (primary N) is 1. The second-order valence-corrected chi connectivity index (χ2v) is 7.22. The van der Waals surface area contributed by atoms with Gasteiger partial charge in [-0.05, 0) is 48.4 Å². The van der Waals surface area contributed by atoms with E-state index in [0.29, 0.717) is 23.6 Å². The van der Waals surface area contributed by atoms with Gasteiger partial charge in [0.2, 0.25) is 5.91 Å². The third-order valence-electron chi connectivity index (χ3n) is 4.34. The first-order valence-corrected chi connectivity index (χ1v) is 9.87. The molecule has 8 heteroatoms. The number of halogens is 2. The van der Waals surface area contributed by atoms with Crippen molar-refractivity contribution < 1.29 is 18.3 Å². The van der Waals surface area contributed by atoms with Gasteiger partial charge in [-0.2, -0.15) is 0 Å². The van der Waals surface area contributed by atoms with E-state index in [-0.39, 0.29) is 11.6 Å². The van der Waals surface area contributed by atoms with E-state index < -0.39 is 18.9 Å². The average molecular weight is 417 g/mol. The number of ether oxygens (including phenoxy) is 1. The molecule has 0 atom stereocenters. The summed E-state index contributed by atoms with van der Waals surface area (Å²) in [5, 5.41) is 2.02. The van der Waals surface area contributed by atoms with Crippen molar-refractivity contribution in [2.45, 2.75) is 19.3 Å². The number of carbonyl (C=O) groups excluding carboxylic acids is 1. The van der Waals surface area contributed by atoms with Gasteiger partial charge < -0.3 is 10.5 Å². The zero-order chi connectivity index (χ0) is 20.8. The summed E-state index contributed by atoms with van der Waals surface area (Å²) < 4.78 is 31.3. The van der Waals surface area contributed by atoms with Gasteiger partial charge in [-0.15, -0.1) is 11.3 Å². The van der Waals surface area contributed by atoms with E-state index >= 15 is 0 Å². The van der Waals surface area contributed by atoms with Gasteiger partial charge in [0, 0.05) is 23.1 Å². The van der Waals surface area contributed by atoms with Crippen LogP contribution in [0.5, 0.6) is 5.75 Å². The van der Waals surface area contributed by atoms with Gasteiger partial charge in [0.1, 0.15) is 5.75 Å². The molecule has 0 saturated carbocycles. The van der Waals surface area contributed by atoms with Gasteiger partial charge in [0.05, 0.1) is 19.3 Å². The van der Waals surface area contributed by atoms with Crippen molar-refractivity contribution in [2.24, 2.45) is 0 Å². The molecule has 3 rings (SSSR count). The van der Waals surface area contributed by atoms with Crippen LogP contribution in [0.2, 0.25) is 0 Å². The first kappa shape index (κ1) is 20.7. The quantitative estimate of drug-likeness (QED) is 0.543. The highest BCUT2D eigenvalue weighted by Gasteiger charge is 2.23. The number of thiazole rings is 1. The lowest BCUT2D eigenvalue weighted by molar-refractivity contribution is -0.119. The molecule has 0 aliphatic heterocycles. The number of amides is 1. The summed E-state index contributed by atoms with van der Waals surface area (Å²) in [6.45, 7) is -0.684. The van der Waals surface area contributed by atoms with Crippen LogP contribution in [0.4, 0.5) is 19.6 Å². The number of anilines is 2. The molecule has 0 spiro atoms. The molecule has 29 heavy (non-hydrogen) atoms. The molecule has 0 aliphatic carbocycles. The van der Waals surface area contributed by atoms with Crippen LogP contribution in [0.15, 0.2) is 53.9 Å². The Kier molecular flexibility index (Phi) is 6.77. The van der Waals surface area contributed by atoms with Crippen LogP contribution >= 0.6 is 11.3 Å². The van der Waals surface area contributed by atoms with Crippen LogP contribution in [0.25, 0.3) is 11.3 Å². The highest BCUT2D eigenvalue weighted by molar-refractivity contribution is 7.14. The highest BCUT2D eigenvalue weighted by Crippen LogP contribution is 2.29. The molecule has 2 aromatic carbocycles. The van der Waals surface area contributed by atoms with E-state index in [1.54, 1.807) is 36.8 Å². The van der Waals surface area contributed by atoms with Crippen molar-refractivity contribution >= 4 is 28.1 Å². The van der Waals surface area contributed by atoms with Crippen molar-refractivity contribution in [3.05, 3.63) is 59.5 Å². The second kappa shape index (κ2) is 9.47. The first-order valence-electron chi connectivity index (χ1n) is 8.99. The molecule has 2 N–H and O–H groups in total. The van der Waals surface area contributed by atoms with E-state index in [2.05, 4.69) is 4.98 Å². The van der Waals surface area contributed by atoms with E-state index in [1.165, 1.54) is 11.3 Å². The number of nitrogen functional groups attached to an aromatic ring is 1. The predicted molar refractivity (Wildman–Crippen MR) is 112 cm³/mol. The standard InChI is InChI=1S/C21H21F2N3O2S/c1-28-17-9-5-15(6-10-17)18-13-29-21(25-18)26(12-19(22)23)20(27)11-4-14-2-7-16(24)8-3-14/h2-3,5-10,13,19H,4,11-12,24H2,1H3. The second-order valence-electron chi connectivity index (χ2n) is 6.38. The Morgan fingerprint density at radius 3 is 2.48 bits per heavy atom. The number of nitrogens with zero attached hydrogens (tertiary/aromatic N) is 2. The Hall–Kier alpha value is -3.00. The van der Waals surface area contributed by atoms with Crippen molar-refractivity contribution in [3.63, 3.8) is 0 Å². The van der Waals surface area contributed by atoms with E-state index in [4.69, 9.17) is 10.5 Å². The summed E-state index contributed by atoms with van der Waals surface area (Å²) in [7, 11) is 1.58. The van der Waals surface area contributed by atoms with Crippen LogP contribution in [0, 0.1) is 0 Å². The van der Waals surface area contributed by atoms with Crippen LogP contribution in [-0.2, 0) is 11.2 Å². The Bertz CT molecular complexity index is 943. The van der Waals surface area contributed by atoms with E-state index in [0.717, 1.165) is 16.0 Å². The van der Waals surface area contributed by atoms with Crippen molar-refractivity contribution in [2.75, 3.05) is 24.3 Å². The first-order chi connectivity index (χ1) is 14.0. The molecule has 0 bridgehead atoms. The fraction of sp³-hybridized carbons (Fsp3) is 0.238. The number of hydrogen-bond donors (Lipinski definition) is 1. The lowest BCUT2D eigenvalue weighted by Gasteiger charge is -2.19. The summed E-state index contributed by atoms with van der Waals surface area (Å²) in [6.07, 6.45) is -2.10. The zero-order valence-corrected chi connectivity index (χ0v) is 16.7. The molecule has 1 heterocycles. The summed E-state index contributed by atoms with van der Waals surface area (Å²) in [5.41, 5.74) is 8.65. The summed E-state index contributed by atoms with van der Waals surface area (Å²) in [6, 6.07) is 14.4. The molecule has 152 valence electrons. The molecule has 1 aromatic heterocycles. The maximum absolute atomic E-state index is 13.1. The number of hydrogen-bond acceptors (Lipinski definition) is 5. The third kappa shape index (κ3) is 5.51. The molecule has 0 radical (unpaired) electrons. The van der Waals surface area contributed by atoms with E-state index in [9.17, 15) is 13.6 Å². The van der Waals surface area contributed by atoms with Gasteiger partial charge in [-0.25, -0.2) is 13.8 Å². The Morgan fingerprint density at radius 1 is 1.17 bits per heavy atom. The minimum Gasteiger partial charge on any atom is -0.497 e. The van der Waals surface area contributed by atoms with Gasteiger partial charge in [0.25, 0.3) is 6.43 Å².